The molecule has 9 heteroatoms. The van der Waals surface area contributed by atoms with Gasteiger partial charge in [0.1, 0.15) is 13.2 Å². The van der Waals surface area contributed by atoms with Gasteiger partial charge < -0.3 is 19.8 Å². The van der Waals surface area contributed by atoms with Crippen LogP contribution in [0.3, 0.4) is 0 Å². The summed E-state index contributed by atoms with van der Waals surface area (Å²) in [5, 5.41) is 13.9. The van der Waals surface area contributed by atoms with Crippen molar-refractivity contribution in [3.63, 3.8) is 0 Å². The summed E-state index contributed by atoms with van der Waals surface area (Å²) in [6, 6.07) is -0.872. The molecular weight excluding hydrogens is 888 g/mol. The lowest BCUT2D eigenvalue weighted by Crippen LogP contribution is -2.45. The van der Waals surface area contributed by atoms with Gasteiger partial charge in [0.2, 0.25) is 5.91 Å². The minimum Gasteiger partial charge on any atom is -0.387 e. The molecule has 0 aliphatic rings. The molecule has 0 bridgehead atoms. The smallest absolute Gasteiger partial charge is 0.387 e. The maximum Gasteiger partial charge on any atom is 0.472 e. The highest BCUT2D eigenvalue weighted by Gasteiger charge is 2.27. The number of likely N-dealkylation sites (N-methyl/N-ethyl adjacent to an activating group) is 1. The molecule has 0 saturated carbocycles. The molecule has 0 radical (unpaired) electrons. The minimum atomic E-state index is -4.36. The number of unbranched alkanes of at least 4 members (excludes halogenated alkanes) is 36. The maximum atomic E-state index is 13.0. The van der Waals surface area contributed by atoms with Crippen LogP contribution < -0.4 is 5.32 Å². The van der Waals surface area contributed by atoms with Crippen molar-refractivity contribution in [2.75, 3.05) is 40.9 Å². The van der Waals surface area contributed by atoms with Crippen LogP contribution >= 0.6 is 7.82 Å². The van der Waals surface area contributed by atoms with Gasteiger partial charge in [-0.15, -0.1) is 0 Å². The third-order valence-electron chi connectivity index (χ3n) is 13.5. The van der Waals surface area contributed by atoms with Gasteiger partial charge in [0.15, 0.2) is 0 Å². The first-order valence-electron chi connectivity index (χ1n) is 30.0. The van der Waals surface area contributed by atoms with E-state index in [9.17, 15) is 19.4 Å². The van der Waals surface area contributed by atoms with Crippen molar-refractivity contribution >= 4 is 13.7 Å². The number of aliphatic hydroxyl groups excluding tert-OH is 1. The maximum absolute atomic E-state index is 13.0. The fourth-order valence-electron chi connectivity index (χ4n) is 8.78. The standard InChI is InChI=1S/C61H117N2O6P/c1-6-8-10-12-14-16-18-20-22-24-26-28-30-31-33-35-37-39-41-43-45-47-49-51-53-55-61(65)62-59(58-69-70(66,67)68-57-56-63(3,4)5)60(64)54-52-50-48-46-44-42-40-38-36-34-32-29-27-25-23-21-19-17-15-13-11-9-7-2/h31,33,36,38,44,46,52,54,59-60,64H,6-30,32,34-35,37,39-43,45,47-51,53,55-58H2,1-5H3,(H-,62,65,66,67)/p+1/b33-31-,38-36+,46-44+,54-52+. The molecule has 0 aliphatic heterocycles. The fourth-order valence-corrected chi connectivity index (χ4v) is 9.51. The minimum absolute atomic E-state index is 0.0528. The topological polar surface area (TPSA) is 105 Å². The molecule has 1 amide bonds. The van der Waals surface area contributed by atoms with Crippen molar-refractivity contribution in [2.24, 2.45) is 0 Å². The lowest BCUT2D eigenvalue weighted by molar-refractivity contribution is -0.870. The number of phosphoric ester groups is 1. The monoisotopic (exact) mass is 1010 g/mol. The van der Waals surface area contributed by atoms with Crippen LogP contribution in [0.4, 0.5) is 0 Å². The summed E-state index contributed by atoms with van der Waals surface area (Å²) in [4.78, 5) is 23.3. The van der Waals surface area contributed by atoms with Gasteiger partial charge in [-0.25, -0.2) is 4.57 Å². The summed E-state index contributed by atoms with van der Waals surface area (Å²) in [6.45, 7) is 4.82. The van der Waals surface area contributed by atoms with E-state index in [0.717, 1.165) is 44.9 Å². The second kappa shape index (κ2) is 52.3. The summed E-state index contributed by atoms with van der Waals surface area (Å²) in [5.41, 5.74) is 0. The Morgan fingerprint density at radius 2 is 0.786 bits per heavy atom. The Morgan fingerprint density at radius 1 is 0.471 bits per heavy atom. The van der Waals surface area contributed by atoms with E-state index < -0.39 is 20.0 Å². The lowest BCUT2D eigenvalue weighted by Gasteiger charge is -2.25. The van der Waals surface area contributed by atoms with E-state index in [1.165, 1.54) is 218 Å². The highest BCUT2D eigenvalue weighted by Crippen LogP contribution is 2.43. The Hall–Kier alpha value is -1.54. The number of carbonyl (C=O) groups excluding carboxylic acids is 1. The number of aliphatic hydroxyl groups is 1. The predicted octanol–water partition coefficient (Wildman–Crippen LogP) is 18.3. The Bertz CT molecular complexity index is 1280. The van der Waals surface area contributed by atoms with Gasteiger partial charge in [0.25, 0.3) is 0 Å². The molecule has 0 fully saturated rings. The van der Waals surface area contributed by atoms with Gasteiger partial charge in [-0.05, 0) is 70.6 Å². The largest absolute Gasteiger partial charge is 0.472 e. The number of rotatable bonds is 55. The zero-order chi connectivity index (χ0) is 51.3. The van der Waals surface area contributed by atoms with Crippen molar-refractivity contribution in [1.82, 2.24) is 5.32 Å². The van der Waals surface area contributed by atoms with Gasteiger partial charge >= 0.3 is 7.82 Å². The van der Waals surface area contributed by atoms with Crippen LogP contribution in [0.15, 0.2) is 48.6 Å². The highest BCUT2D eigenvalue weighted by atomic mass is 31.2. The van der Waals surface area contributed by atoms with E-state index in [-0.39, 0.29) is 19.1 Å². The van der Waals surface area contributed by atoms with E-state index in [4.69, 9.17) is 9.05 Å². The van der Waals surface area contributed by atoms with Crippen LogP contribution in [0.5, 0.6) is 0 Å². The van der Waals surface area contributed by atoms with E-state index in [1.54, 1.807) is 6.08 Å². The van der Waals surface area contributed by atoms with E-state index in [1.807, 2.05) is 27.2 Å². The SMILES string of the molecule is CCCCCCCCCCCCCC/C=C\CCCCCCCCCCCC(=O)NC(COP(=O)(O)OCC[N+](C)(C)C)C(O)/C=C/CC/C=C/CC/C=C/CCCCCCCCCCCCCCC. The Morgan fingerprint density at radius 3 is 1.14 bits per heavy atom. The zero-order valence-corrected chi connectivity index (χ0v) is 47.9. The summed E-state index contributed by atoms with van der Waals surface area (Å²) in [7, 11) is 1.55. The van der Waals surface area contributed by atoms with Gasteiger partial charge in [0, 0.05) is 6.42 Å². The van der Waals surface area contributed by atoms with Gasteiger partial charge in [-0.1, -0.05) is 255 Å². The number of hydrogen-bond donors (Lipinski definition) is 3. The molecule has 3 unspecified atom stereocenters. The molecule has 3 N–H and O–H groups in total. The average molecular weight is 1010 g/mol. The summed E-state index contributed by atoms with van der Waals surface area (Å²) in [6.07, 6.45) is 69.4. The highest BCUT2D eigenvalue weighted by molar-refractivity contribution is 7.47. The first kappa shape index (κ1) is 68.5. The lowest BCUT2D eigenvalue weighted by atomic mass is 10.0. The normalized spacial score (nSPS) is 14.2. The van der Waals surface area contributed by atoms with Crippen LogP contribution in [0.1, 0.15) is 284 Å². The Labute approximate surface area is 435 Å². The van der Waals surface area contributed by atoms with Crippen molar-refractivity contribution in [1.29, 1.82) is 0 Å². The van der Waals surface area contributed by atoms with Crippen molar-refractivity contribution < 1.29 is 32.9 Å². The number of allylic oxidation sites excluding steroid dienone is 7. The van der Waals surface area contributed by atoms with E-state index >= 15 is 0 Å². The number of quaternary nitrogens is 1. The fraction of sp³-hybridized carbons (Fsp3) is 0.852. The van der Waals surface area contributed by atoms with Gasteiger partial charge in [-0.3, -0.25) is 13.8 Å². The third kappa shape index (κ3) is 54.2. The van der Waals surface area contributed by atoms with Crippen LogP contribution in [0, 0.1) is 0 Å². The third-order valence-corrected chi connectivity index (χ3v) is 14.5. The Kier molecular flexibility index (Phi) is 51.2. The number of carbonyl (C=O) groups is 1. The first-order chi connectivity index (χ1) is 34.0. The first-order valence-corrected chi connectivity index (χ1v) is 31.5. The summed E-state index contributed by atoms with van der Waals surface area (Å²) < 4.78 is 23.7. The molecular formula is C61H118N2O6P+. The molecule has 0 aromatic heterocycles. The molecule has 70 heavy (non-hydrogen) atoms. The molecule has 8 nitrogen and oxygen atoms in total. The van der Waals surface area contributed by atoms with E-state index in [2.05, 4.69) is 55.6 Å². The van der Waals surface area contributed by atoms with Crippen LogP contribution in [0.2, 0.25) is 0 Å². The number of nitrogens with zero attached hydrogens (tertiary/aromatic N) is 1. The van der Waals surface area contributed by atoms with Gasteiger partial charge in [0.05, 0.1) is 39.9 Å². The quantitative estimate of drug-likeness (QED) is 0.0243. The second-order valence-electron chi connectivity index (χ2n) is 21.7. The zero-order valence-electron chi connectivity index (χ0n) is 47.0. The molecule has 0 rings (SSSR count). The number of nitrogens with one attached hydrogen (secondary N) is 1. The molecule has 0 heterocycles. The Balaban J connectivity index is 4.25. The van der Waals surface area contributed by atoms with Crippen molar-refractivity contribution in [3.05, 3.63) is 48.6 Å². The van der Waals surface area contributed by atoms with Crippen LogP contribution in [-0.2, 0) is 18.4 Å². The molecule has 0 aromatic carbocycles. The molecule has 3 atom stereocenters. The molecule has 0 aromatic rings. The van der Waals surface area contributed by atoms with Crippen LogP contribution in [-0.4, -0.2) is 73.4 Å². The molecule has 0 spiro atoms. The number of phosphoric acid groups is 1. The van der Waals surface area contributed by atoms with Gasteiger partial charge in [-0.2, -0.15) is 0 Å². The van der Waals surface area contributed by atoms with Crippen LogP contribution in [0.25, 0.3) is 0 Å². The summed E-state index contributed by atoms with van der Waals surface area (Å²) in [5.74, 6) is -0.191. The second-order valence-corrected chi connectivity index (χ2v) is 23.2. The van der Waals surface area contributed by atoms with Crippen molar-refractivity contribution in [2.45, 2.75) is 296 Å². The average Bonchev–Trinajstić information content (AvgIpc) is 3.32. The van der Waals surface area contributed by atoms with Crippen molar-refractivity contribution in [3.8, 4) is 0 Å². The molecule has 0 aliphatic carbocycles. The summed E-state index contributed by atoms with van der Waals surface area (Å²) >= 11 is 0. The number of amides is 1. The molecule has 0 saturated heterocycles. The molecule has 412 valence electrons. The predicted molar refractivity (Wildman–Crippen MR) is 304 cm³/mol. The number of hydrogen-bond acceptors (Lipinski definition) is 5. The van der Waals surface area contributed by atoms with E-state index in [0.29, 0.717) is 17.4 Å².